The molecule has 1 aliphatic rings. The summed E-state index contributed by atoms with van der Waals surface area (Å²) in [5.41, 5.74) is 2.90. The van der Waals surface area contributed by atoms with Crippen LogP contribution in [0.5, 0.6) is 0 Å². The fraction of sp³-hybridized carbons (Fsp3) is 0.333. The summed E-state index contributed by atoms with van der Waals surface area (Å²) in [7, 11) is 0. The van der Waals surface area contributed by atoms with Crippen LogP contribution in [0.25, 0.3) is 5.82 Å². The highest BCUT2D eigenvalue weighted by atomic mass is 35.5. The first-order valence-electron chi connectivity index (χ1n) is 9.62. The van der Waals surface area contributed by atoms with E-state index in [1.807, 2.05) is 49.1 Å². The van der Waals surface area contributed by atoms with E-state index in [1.165, 1.54) is 0 Å². The number of halogens is 1. The van der Waals surface area contributed by atoms with E-state index in [-0.39, 0.29) is 5.91 Å². The maximum absolute atomic E-state index is 12.6. The van der Waals surface area contributed by atoms with Crippen LogP contribution >= 0.6 is 11.6 Å². The van der Waals surface area contributed by atoms with Gasteiger partial charge < -0.3 is 9.80 Å². The van der Waals surface area contributed by atoms with E-state index in [4.69, 9.17) is 16.6 Å². The number of carbonyl (C=O) groups excluding carboxylic acids is 1. The molecule has 2 aromatic heterocycles. The summed E-state index contributed by atoms with van der Waals surface area (Å²) < 4.78 is 1.80. The lowest BCUT2D eigenvalue weighted by molar-refractivity contribution is -0.130. The molecular weight excluding hydrogens is 388 g/mol. The fourth-order valence-corrected chi connectivity index (χ4v) is 3.79. The van der Waals surface area contributed by atoms with Crippen LogP contribution in [0.15, 0.2) is 42.7 Å². The molecule has 0 spiro atoms. The van der Waals surface area contributed by atoms with Crippen molar-refractivity contribution in [2.45, 2.75) is 20.3 Å². The molecular formula is C21H23ClN6O. The van der Waals surface area contributed by atoms with Crippen molar-refractivity contribution in [1.29, 1.82) is 0 Å². The number of rotatable bonds is 4. The SMILES string of the molecule is Cc1cc(C)n(-c2cncc(N3CCN(C(=O)Cc4cccc(Cl)c4)CC3)n2)n1. The Morgan fingerprint density at radius 1 is 1.07 bits per heavy atom. The first-order chi connectivity index (χ1) is 14.0. The maximum Gasteiger partial charge on any atom is 0.227 e. The molecule has 0 saturated carbocycles. The molecule has 8 heteroatoms. The molecule has 0 radical (unpaired) electrons. The number of piperazine rings is 1. The second-order valence-electron chi connectivity index (χ2n) is 7.25. The zero-order valence-corrected chi connectivity index (χ0v) is 17.3. The largest absolute Gasteiger partial charge is 0.352 e. The summed E-state index contributed by atoms with van der Waals surface area (Å²) >= 11 is 6.02. The fourth-order valence-electron chi connectivity index (χ4n) is 3.58. The molecule has 0 N–H and O–H groups in total. The third-order valence-electron chi connectivity index (χ3n) is 5.04. The van der Waals surface area contributed by atoms with E-state index in [9.17, 15) is 4.79 Å². The summed E-state index contributed by atoms with van der Waals surface area (Å²) in [6.07, 6.45) is 3.85. The number of aromatic nitrogens is 4. The van der Waals surface area contributed by atoms with Crippen molar-refractivity contribution < 1.29 is 4.79 Å². The molecule has 1 aliphatic heterocycles. The van der Waals surface area contributed by atoms with Gasteiger partial charge >= 0.3 is 0 Å². The summed E-state index contributed by atoms with van der Waals surface area (Å²) in [6.45, 7) is 6.71. The van der Waals surface area contributed by atoms with Crippen LogP contribution in [-0.2, 0) is 11.2 Å². The Bertz CT molecular complexity index is 1030. The van der Waals surface area contributed by atoms with Crippen LogP contribution < -0.4 is 4.90 Å². The quantitative estimate of drug-likeness (QED) is 0.661. The maximum atomic E-state index is 12.6. The zero-order chi connectivity index (χ0) is 20.4. The first-order valence-corrected chi connectivity index (χ1v) is 10.0. The molecule has 29 heavy (non-hydrogen) atoms. The predicted molar refractivity (Wildman–Crippen MR) is 113 cm³/mol. The Hall–Kier alpha value is -2.93. The summed E-state index contributed by atoms with van der Waals surface area (Å²) in [5.74, 6) is 1.62. The van der Waals surface area contributed by atoms with E-state index >= 15 is 0 Å². The van der Waals surface area contributed by atoms with E-state index < -0.39 is 0 Å². The van der Waals surface area contributed by atoms with Crippen LogP contribution in [0.3, 0.4) is 0 Å². The Kier molecular flexibility index (Phi) is 5.49. The van der Waals surface area contributed by atoms with Crippen molar-refractivity contribution in [1.82, 2.24) is 24.6 Å². The van der Waals surface area contributed by atoms with Gasteiger partial charge in [0.15, 0.2) is 5.82 Å². The van der Waals surface area contributed by atoms with Crippen molar-refractivity contribution in [2.75, 3.05) is 31.1 Å². The number of anilines is 1. The standard InChI is InChI=1S/C21H23ClN6O/c1-15-10-16(2)28(25-15)20-14-23-13-19(24-20)26-6-8-27(9-7-26)21(29)12-17-4-3-5-18(22)11-17/h3-5,10-11,13-14H,6-9,12H2,1-2H3. The van der Waals surface area contributed by atoms with Crippen molar-refractivity contribution in [2.24, 2.45) is 0 Å². The number of hydrogen-bond donors (Lipinski definition) is 0. The van der Waals surface area contributed by atoms with Crippen LogP contribution in [0.4, 0.5) is 5.82 Å². The summed E-state index contributed by atoms with van der Waals surface area (Å²) in [6, 6.07) is 9.47. The molecule has 0 aliphatic carbocycles. The molecule has 1 aromatic carbocycles. The van der Waals surface area contributed by atoms with E-state index in [2.05, 4.69) is 15.0 Å². The molecule has 7 nitrogen and oxygen atoms in total. The third kappa shape index (κ3) is 4.40. The lowest BCUT2D eigenvalue weighted by Gasteiger charge is -2.35. The number of hydrogen-bond acceptors (Lipinski definition) is 5. The van der Waals surface area contributed by atoms with Crippen molar-refractivity contribution in [3.05, 3.63) is 64.7 Å². The second-order valence-corrected chi connectivity index (χ2v) is 7.69. The summed E-state index contributed by atoms with van der Waals surface area (Å²) in [4.78, 5) is 25.8. The second kappa shape index (κ2) is 8.21. The number of benzene rings is 1. The minimum Gasteiger partial charge on any atom is -0.352 e. The van der Waals surface area contributed by atoms with Gasteiger partial charge in [-0.25, -0.2) is 9.67 Å². The molecule has 1 amide bonds. The Morgan fingerprint density at radius 2 is 1.83 bits per heavy atom. The minimum atomic E-state index is 0.120. The van der Waals surface area contributed by atoms with Gasteiger partial charge in [-0.15, -0.1) is 0 Å². The molecule has 0 unspecified atom stereocenters. The van der Waals surface area contributed by atoms with Crippen molar-refractivity contribution in [3.8, 4) is 5.82 Å². The van der Waals surface area contributed by atoms with Crippen LogP contribution in [0.2, 0.25) is 5.02 Å². The van der Waals surface area contributed by atoms with Gasteiger partial charge in [-0.05, 0) is 37.6 Å². The highest BCUT2D eigenvalue weighted by Crippen LogP contribution is 2.17. The van der Waals surface area contributed by atoms with Crippen molar-refractivity contribution in [3.63, 3.8) is 0 Å². The van der Waals surface area contributed by atoms with E-state index in [0.717, 1.165) is 35.9 Å². The first kappa shape index (κ1) is 19.4. The molecule has 0 atom stereocenters. The van der Waals surface area contributed by atoms with Gasteiger partial charge in [-0.1, -0.05) is 23.7 Å². The van der Waals surface area contributed by atoms with Gasteiger partial charge in [0.1, 0.15) is 5.82 Å². The minimum absolute atomic E-state index is 0.120. The molecule has 150 valence electrons. The zero-order valence-electron chi connectivity index (χ0n) is 16.5. The van der Waals surface area contributed by atoms with E-state index in [0.29, 0.717) is 30.4 Å². The Morgan fingerprint density at radius 3 is 2.52 bits per heavy atom. The highest BCUT2D eigenvalue weighted by Gasteiger charge is 2.22. The number of carbonyl (C=O) groups is 1. The average Bonchev–Trinajstić information content (AvgIpc) is 3.06. The molecule has 4 rings (SSSR count). The van der Waals surface area contributed by atoms with Gasteiger partial charge in [-0.2, -0.15) is 5.10 Å². The Labute approximate surface area is 174 Å². The van der Waals surface area contributed by atoms with Crippen molar-refractivity contribution >= 4 is 23.3 Å². The highest BCUT2D eigenvalue weighted by molar-refractivity contribution is 6.30. The van der Waals surface area contributed by atoms with Gasteiger partial charge in [-0.3, -0.25) is 9.78 Å². The number of aryl methyl sites for hydroxylation is 2. The number of nitrogens with zero attached hydrogens (tertiary/aromatic N) is 6. The van der Waals surface area contributed by atoms with Gasteiger partial charge in [0.05, 0.1) is 24.5 Å². The Balaban J connectivity index is 1.40. The molecule has 3 heterocycles. The van der Waals surface area contributed by atoms with Crippen LogP contribution in [0.1, 0.15) is 17.0 Å². The number of amides is 1. The summed E-state index contributed by atoms with van der Waals surface area (Å²) in [5, 5.41) is 5.14. The lowest BCUT2D eigenvalue weighted by Crippen LogP contribution is -2.49. The topological polar surface area (TPSA) is 67.2 Å². The van der Waals surface area contributed by atoms with Gasteiger partial charge in [0.2, 0.25) is 5.91 Å². The van der Waals surface area contributed by atoms with Gasteiger partial charge in [0, 0.05) is 36.9 Å². The normalized spacial score (nSPS) is 14.3. The lowest BCUT2D eigenvalue weighted by atomic mass is 10.1. The predicted octanol–water partition coefficient (Wildman–Crippen LogP) is 2.82. The monoisotopic (exact) mass is 410 g/mol. The van der Waals surface area contributed by atoms with E-state index in [1.54, 1.807) is 17.1 Å². The molecule has 3 aromatic rings. The molecule has 0 bridgehead atoms. The molecule has 1 fully saturated rings. The molecule has 1 saturated heterocycles. The average molecular weight is 411 g/mol. The smallest absolute Gasteiger partial charge is 0.227 e. The van der Waals surface area contributed by atoms with Crippen LogP contribution in [0, 0.1) is 13.8 Å². The van der Waals surface area contributed by atoms with Crippen LogP contribution in [-0.4, -0.2) is 56.7 Å². The third-order valence-corrected chi connectivity index (χ3v) is 5.27. The van der Waals surface area contributed by atoms with Gasteiger partial charge in [0.25, 0.3) is 0 Å².